The molecule has 20 heavy (non-hydrogen) atoms. The summed E-state index contributed by atoms with van der Waals surface area (Å²) in [6.07, 6.45) is 3.88. The van der Waals surface area contributed by atoms with Crippen LogP contribution < -0.4 is 4.74 Å². The van der Waals surface area contributed by atoms with Crippen LogP contribution >= 0.6 is 0 Å². The molecule has 1 aliphatic rings. The Morgan fingerprint density at radius 3 is 2.70 bits per heavy atom. The summed E-state index contributed by atoms with van der Waals surface area (Å²) in [7, 11) is -1.06. The summed E-state index contributed by atoms with van der Waals surface area (Å²) < 4.78 is 28.6. The molecule has 1 atom stereocenters. The van der Waals surface area contributed by atoms with Crippen molar-refractivity contribution in [1.29, 1.82) is 0 Å². The fourth-order valence-corrected chi connectivity index (χ4v) is 2.90. The minimum Gasteiger partial charge on any atom is -0.492 e. The number of benzene rings is 1. The third kappa shape index (κ3) is 4.21. The van der Waals surface area contributed by atoms with Crippen molar-refractivity contribution < 1.29 is 13.2 Å². The van der Waals surface area contributed by atoms with Crippen molar-refractivity contribution in [3.05, 3.63) is 24.3 Å². The standard InChI is InChI=1S/C15H23NO3S/c1-12(13-7-8-13)16(2)9-10-19-14-5-4-6-15(11-14)20(3,17)18/h4-6,11-13H,7-10H2,1-3H3/t12-/m0/s1. The van der Waals surface area contributed by atoms with Crippen LogP contribution in [0.1, 0.15) is 19.8 Å². The van der Waals surface area contributed by atoms with Gasteiger partial charge in [-0.25, -0.2) is 8.42 Å². The summed E-state index contributed by atoms with van der Waals surface area (Å²) >= 11 is 0. The van der Waals surface area contributed by atoms with Crippen LogP contribution in [0.5, 0.6) is 5.75 Å². The molecule has 1 aromatic carbocycles. The molecule has 2 rings (SSSR count). The first-order chi connectivity index (χ1) is 9.38. The number of likely N-dealkylation sites (N-methyl/N-ethyl adjacent to an activating group) is 1. The molecule has 0 saturated heterocycles. The van der Waals surface area contributed by atoms with Crippen LogP contribution in [-0.2, 0) is 9.84 Å². The van der Waals surface area contributed by atoms with Gasteiger partial charge in [0.2, 0.25) is 0 Å². The van der Waals surface area contributed by atoms with Gasteiger partial charge in [-0.2, -0.15) is 0 Å². The molecule has 0 N–H and O–H groups in total. The maximum atomic E-state index is 11.5. The van der Waals surface area contributed by atoms with E-state index in [-0.39, 0.29) is 0 Å². The highest BCUT2D eigenvalue weighted by molar-refractivity contribution is 7.90. The third-order valence-electron chi connectivity index (χ3n) is 3.95. The molecular formula is C15H23NO3S. The summed E-state index contributed by atoms with van der Waals surface area (Å²) in [5.41, 5.74) is 0. The molecule has 1 fully saturated rings. The smallest absolute Gasteiger partial charge is 0.175 e. The molecule has 0 aliphatic heterocycles. The van der Waals surface area contributed by atoms with Gasteiger partial charge in [0.25, 0.3) is 0 Å². The molecule has 0 aromatic heterocycles. The lowest BCUT2D eigenvalue weighted by Crippen LogP contribution is -2.34. The van der Waals surface area contributed by atoms with E-state index >= 15 is 0 Å². The fourth-order valence-electron chi connectivity index (χ4n) is 2.24. The van der Waals surface area contributed by atoms with E-state index in [0.717, 1.165) is 12.5 Å². The van der Waals surface area contributed by atoms with E-state index in [0.29, 0.717) is 23.3 Å². The number of rotatable bonds is 7. The van der Waals surface area contributed by atoms with Crippen LogP contribution in [0.25, 0.3) is 0 Å². The van der Waals surface area contributed by atoms with E-state index in [1.54, 1.807) is 24.3 Å². The lowest BCUT2D eigenvalue weighted by atomic mass is 10.2. The van der Waals surface area contributed by atoms with Gasteiger partial charge in [0.1, 0.15) is 12.4 Å². The Labute approximate surface area is 121 Å². The Bertz CT molecular complexity index is 552. The van der Waals surface area contributed by atoms with Crippen molar-refractivity contribution in [2.75, 3.05) is 26.5 Å². The molecule has 4 nitrogen and oxygen atoms in total. The van der Waals surface area contributed by atoms with Crippen LogP contribution in [0.15, 0.2) is 29.2 Å². The number of nitrogens with zero attached hydrogens (tertiary/aromatic N) is 1. The van der Waals surface area contributed by atoms with Crippen molar-refractivity contribution >= 4 is 9.84 Å². The van der Waals surface area contributed by atoms with E-state index < -0.39 is 9.84 Å². The van der Waals surface area contributed by atoms with Gasteiger partial charge in [0.05, 0.1) is 4.90 Å². The molecule has 0 bridgehead atoms. The molecule has 1 saturated carbocycles. The second-order valence-corrected chi connectivity index (χ2v) is 7.67. The van der Waals surface area contributed by atoms with Crippen molar-refractivity contribution in [3.63, 3.8) is 0 Å². The Morgan fingerprint density at radius 2 is 2.10 bits per heavy atom. The average Bonchev–Trinajstić information content (AvgIpc) is 3.21. The summed E-state index contributed by atoms with van der Waals surface area (Å²) in [6.45, 7) is 3.67. The Morgan fingerprint density at radius 1 is 1.40 bits per heavy atom. The van der Waals surface area contributed by atoms with Crippen LogP contribution in [0.2, 0.25) is 0 Å². The first-order valence-corrected chi connectivity index (χ1v) is 8.90. The highest BCUT2D eigenvalue weighted by Crippen LogP contribution is 2.34. The van der Waals surface area contributed by atoms with Crippen molar-refractivity contribution in [2.45, 2.75) is 30.7 Å². The quantitative estimate of drug-likeness (QED) is 0.774. The Hall–Kier alpha value is -1.07. The molecule has 0 unspecified atom stereocenters. The van der Waals surface area contributed by atoms with Crippen LogP contribution in [0.4, 0.5) is 0 Å². The van der Waals surface area contributed by atoms with Gasteiger partial charge >= 0.3 is 0 Å². The van der Waals surface area contributed by atoms with Crippen molar-refractivity contribution in [1.82, 2.24) is 4.90 Å². The van der Waals surface area contributed by atoms with E-state index in [1.165, 1.54) is 19.1 Å². The average molecular weight is 297 g/mol. The zero-order valence-electron chi connectivity index (χ0n) is 12.4. The normalized spacial score (nSPS) is 17.2. The largest absolute Gasteiger partial charge is 0.492 e. The first-order valence-electron chi connectivity index (χ1n) is 7.01. The van der Waals surface area contributed by atoms with Gasteiger partial charge in [-0.1, -0.05) is 6.07 Å². The van der Waals surface area contributed by atoms with Crippen LogP contribution in [0, 0.1) is 5.92 Å². The number of ether oxygens (including phenoxy) is 1. The maximum absolute atomic E-state index is 11.5. The van der Waals surface area contributed by atoms with Crippen LogP contribution in [-0.4, -0.2) is 45.8 Å². The van der Waals surface area contributed by atoms with E-state index in [9.17, 15) is 8.42 Å². The first kappa shape index (κ1) is 15.3. The zero-order chi connectivity index (χ0) is 14.8. The summed E-state index contributed by atoms with van der Waals surface area (Å²) in [6, 6.07) is 7.27. The van der Waals surface area contributed by atoms with Gasteiger partial charge in [-0.3, -0.25) is 0 Å². The number of hydrogen-bond donors (Lipinski definition) is 0. The molecule has 0 heterocycles. The number of sulfone groups is 1. The van der Waals surface area contributed by atoms with Crippen molar-refractivity contribution in [3.8, 4) is 5.75 Å². The maximum Gasteiger partial charge on any atom is 0.175 e. The van der Waals surface area contributed by atoms with Gasteiger partial charge in [-0.05, 0) is 50.9 Å². The SMILES string of the molecule is C[C@@H](C1CC1)N(C)CCOc1cccc(S(C)(=O)=O)c1. The molecular weight excluding hydrogens is 274 g/mol. The highest BCUT2D eigenvalue weighted by Gasteiger charge is 2.30. The predicted octanol–water partition coefficient (Wildman–Crippen LogP) is 2.20. The zero-order valence-corrected chi connectivity index (χ0v) is 13.2. The Balaban J connectivity index is 1.85. The van der Waals surface area contributed by atoms with E-state index in [2.05, 4.69) is 18.9 Å². The number of hydrogen-bond acceptors (Lipinski definition) is 4. The summed E-state index contributed by atoms with van der Waals surface area (Å²) in [5, 5.41) is 0. The van der Waals surface area contributed by atoms with E-state index in [1.807, 2.05) is 0 Å². The lowest BCUT2D eigenvalue weighted by molar-refractivity contribution is 0.186. The second-order valence-electron chi connectivity index (χ2n) is 5.65. The minimum absolute atomic E-state index is 0.301. The lowest BCUT2D eigenvalue weighted by Gasteiger charge is -2.24. The molecule has 0 spiro atoms. The minimum atomic E-state index is -3.17. The summed E-state index contributed by atoms with van der Waals surface area (Å²) in [4.78, 5) is 2.60. The molecule has 5 heteroatoms. The van der Waals surface area contributed by atoms with Gasteiger partial charge in [0.15, 0.2) is 9.84 Å². The Kier molecular flexibility index (Phi) is 4.70. The topological polar surface area (TPSA) is 46.6 Å². The third-order valence-corrected chi connectivity index (χ3v) is 5.06. The molecule has 1 aromatic rings. The molecule has 112 valence electrons. The van der Waals surface area contributed by atoms with Gasteiger partial charge < -0.3 is 9.64 Å². The monoisotopic (exact) mass is 297 g/mol. The van der Waals surface area contributed by atoms with Gasteiger partial charge in [-0.15, -0.1) is 0 Å². The predicted molar refractivity (Wildman–Crippen MR) is 79.9 cm³/mol. The molecule has 0 amide bonds. The van der Waals surface area contributed by atoms with E-state index in [4.69, 9.17) is 4.74 Å². The highest BCUT2D eigenvalue weighted by atomic mass is 32.2. The van der Waals surface area contributed by atoms with Gasteiger partial charge in [0, 0.05) is 18.8 Å². The van der Waals surface area contributed by atoms with Crippen molar-refractivity contribution in [2.24, 2.45) is 5.92 Å². The molecule has 0 radical (unpaired) electrons. The second kappa shape index (κ2) is 6.14. The van der Waals surface area contributed by atoms with Crippen LogP contribution in [0.3, 0.4) is 0 Å². The fraction of sp³-hybridized carbons (Fsp3) is 0.600. The molecule has 1 aliphatic carbocycles. The summed E-state index contributed by atoms with van der Waals surface area (Å²) in [5.74, 6) is 1.45.